The second-order valence-electron chi connectivity index (χ2n) is 11.4. The normalized spacial score (nSPS) is 24.6. The fourth-order valence-electron chi connectivity index (χ4n) is 8.06. The van der Waals surface area contributed by atoms with Crippen LogP contribution in [0.15, 0.2) is 66.0 Å². The topological polar surface area (TPSA) is 6.48 Å². The Morgan fingerprint density at radius 1 is 0.706 bits per heavy atom. The molecule has 2 aromatic rings. The van der Waals surface area contributed by atoms with Crippen LogP contribution in [0.2, 0.25) is 0 Å². The van der Waals surface area contributed by atoms with Crippen LogP contribution in [0.25, 0.3) is 0 Å². The maximum Gasteiger partial charge on any atom is 0.133 e. The van der Waals surface area contributed by atoms with Gasteiger partial charge in [-0.15, -0.1) is 0 Å². The van der Waals surface area contributed by atoms with E-state index >= 15 is 0 Å². The molecule has 1 unspecified atom stereocenters. The Balaban J connectivity index is 1.60. The number of anilines is 1. The summed E-state index contributed by atoms with van der Waals surface area (Å²) in [6, 6.07) is 15.9. The smallest absolute Gasteiger partial charge is 0.133 e. The summed E-state index contributed by atoms with van der Waals surface area (Å²) in [5.41, 5.74) is 10.1. The van der Waals surface area contributed by atoms with Crippen molar-refractivity contribution >= 4 is 5.69 Å². The lowest BCUT2D eigenvalue weighted by Crippen LogP contribution is -2.55. The van der Waals surface area contributed by atoms with Crippen LogP contribution in [0.4, 0.5) is 5.69 Å². The number of rotatable bonds is 4. The van der Waals surface area contributed by atoms with E-state index in [0.717, 1.165) is 11.8 Å². The van der Waals surface area contributed by atoms with Crippen molar-refractivity contribution < 1.29 is 0 Å². The van der Waals surface area contributed by atoms with Crippen molar-refractivity contribution in [3.05, 3.63) is 88.3 Å². The molecule has 2 aromatic carbocycles. The molecule has 2 saturated carbocycles. The zero-order chi connectivity index (χ0) is 23.4. The summed E-state index contributed by atoms with van der Waals surface area (Å²) < 4.78 is 0. The molecule has 2 fully saturated rings. The summed E-state index contributed by atoms with van der Waals surface area (Å²) >= 11 is 0. The van der Waals surface area contributed by atoms with E-state index in [1.54, 1.807) is 0 Å². The minimum atomic E-state index is 0.153. The van der Waals surface area contributed by atoms with Crippen molar-refractivity contribution in [1.29, 1.82) is 0 Å². The highest BCUT2D eigenvalue weighted by Crippen LogP contribution is 2.60. The third kappa shape index (κ3) is 3.06. The standard InChI is InChI=1S/C32H40N2/c1-22-12-5-10-19-28(22)33-25(4)29-20-21-32(26-15-6-7-16-26,27-17-8-9-18-27)34(29)31(33)30-23(2)13-11-14-24(30)3/h5,10-14,19-21,26-27,31H,6-9,15-18H2,1-4H3. The van der Waals surface area contributed by atoms with Crippen molar-refractivity contribution in [1.82, 2.24) is 4.90 Å². The average Bonchev–Trinajstić information content (AvgIpc) is 3.62. The lowest BCUT2D eigenvalue weighted by atomic mass is 9.71. The molecule has 34 heavy (non-hydrogen) atoms. The van der Waals surface area contributed by atoms with Gasteiger partial charge >= 0.3 is 0 Å². The van der Waals surface area contributed by atoms with Gasteiger partial charge in [-0.3, -0.25) is 0 Å². The molecule has 6 rings (SSSR count). The fourth-order valence-corrected chi connectivity index (χ4v) is 8.06. The highest BCUT2D eigenvalue weighted by Gasteiger charge is 2.58. The molecule has 0 bridgehead atoms. The van der Waals surface area contributed by atoms with Crippen LogP contribution in [-0.4, -0.2) is 10.4 Å². The Labute approximate surface area is 206 Å². The average molecular weight is 453 g/mol. The molecule has 0 N–H and O–H groups in total. The maximum atomic E-state index is 2.94. The largest absolute Gasteiger partial charge is 0.336 e. The molecule has 0 amide bonds. The van der Waals surface area contributed by atoms with Gasteiger partial charge in [-0.05, 0) is 94.0 Å². The first-order chi connectivity index (χ1) is 16.5. The monoisotopic (exact) mass is 452 g/mol. The maximum absolute atomic E-state index is 2.94. The van der Waals surface area contributed by atoms with Crippen LogP contribution < -0.4 is 4.90 Å². The van der Waals surface area contributed by atoms with Gasteiger partial charge < -0.3 is 9.80 Å². The van der Waals surface area contributed by atoms with E-state index in [1.807, 2.05) is 0 Å². The van der Waals surface area contributed by atoms with Crippen LogP contribution >= 0.6 is 0 Å². The summed E-state index contributed by atoms with van der Waals surface area (Å²) in [7, 11) is 0. The molecule has 4 aliphatic rings. The molecule has 0 spiro atoms. The van der Waals surface area contributed by atoms with Gasteiger partial charge in [0.15, 0.2) is 0 Å². The molecule has 1 atom stereocenters. The first-order valence-corrected chi connectivity index (χ1v) is 13.6. The van der Waals surface area contributed by atoms with Crippen LogP contribution in [0.5, 0.6) is 0 Å². The third-order valence-electron chi connectivity index (χ3n) is 9.60. The van der Waals surface area contributed by atoms with Gasteiger partial charge in [0.05, 0.1) is 11.2 Å². The first kappa shape index (κ1) is 22.0. The van der Waals surface area contributed by atoms with Gasteiger partial charge in [0, 0.05) is 16.9 Å². The van der Waals surface area contributed by atoms with E-state index in [9.17, 15) is 0 Å². The molecule has 2 nitrogen and oxygen atoms in total. The van der Waals surface area contributed by atoms with Crippen molar-refractivity contribution in [2.75, 3.05) is 4.90 Å². The number of benzene rings is 2. The minimum Gasteiger partial charge on any atom is -0.336 e. The molecular weight excluding hydrogens is 412 g/mol. The molecular formula is C32H40N2. The number of fused-ring (bicyclic) bond motifs is 1. The highest BCUT2D eigenvalue weighted by molar-refractivity contribution is 5.65. The molecule has 2 heterocycles. The number of hydrogen-bond donors (Lipinski definition) is 0. The molecule has 0 saturated heterocycles. The second-order valence-corrected chi connectivity index (χ2v) is 11.4. The van der Waals surface area contributed by atoms with Crippen LogP contribution in [0.1, 0.15) is 86.7 Å². The second kappa shape index (κ2) is 8.33. The van der Waals surface area contributed by atoms with Gasteiger partial charge in [-0.2, -0.15) is 0 Å². The van der Waals surface area contributed by atoms with Crippen LogP contribution in [-0.2, 0) is 0 Å². The van der Waals surface area contributed by atoms with Crippen LogP contribution in [0.3, 0.4) is 0 Å². The lowest BCUT2D eigenvalue weighted by molar-refractivity contribution is 0.0410. The quantitative estimate of drug-likeness (QED) is 0.460. The fraction of sp³-hybridized carbons (Fsp3) is 0.500. The number of hydrogen-bond acceptors (Lipinski definition) is 2. The third-order valence-corrected chi connectivity index (χ3v) is 9.60. The van der Waals surface area contributed by atoms with Crippen molar-refractivity contribution in [3.63, 3.8) is 0 Å². The van der Waals surface area contributed by atoms with E-state index in [1.165, 1.54) is 90.7 Å². The Morgan fingerprint density at radius 3 is 1.85 bits per heavy atom. The molecule has 2 aliphatic carbocycles. The molecule has 2 aliphatic heterocycles. The van der Waals surface area contributed by atoms with Gasteiger partial charge in [0.25, 0.3) is 0 Å². The molecule has 178 valence electrons. The predicted octanol–water partition coefficient (Wildman–Crippen LogP) is 8.35. The summed E-state index contributed by atoms with van der Waals surface area (Å²) in [6.07, 6.45) is 16.5. The van der Waals surface area contributed by atoms with Crippen LogP contribution in [0, 0.1) is 32.6 Å². The van der Waals surface area contributed by atoms with Gasteiger partial charge in [-0.25, -0.2) is 0 Å². The van der Waals surface area contributed by atoms with Crippen molar-refractivity contribution in [3.8, 4) is 0 Å². The van der Waals surface area contributed by atoms with Crippen molar-refractivity contribution in [2.24, 2.45) is 11.8 Å². The summed E-state index contributed by atoms with van der Waals surface area (Å²) in [5.74, 6) is 1.53. The SMILES string of the molecule is CC1=C2C=CC(C3CCCC3)(C3CCCC3)N2C(c2c(C)cccc2C)N1c1ccccc1C. The number of aryl methyl sites for hydroxylation is 3. The Hall–Kier alpha value is -2.48. The lowest BCUT2D eigenvalue weighted by Gasteiger charge is -2.51. The summed E-state index contributed by atoms with van der Waals surface area (Å²) in [4.78, 5) is 5.62. The molecule has 2 heteroatoms. The zero-order valence-corrected chi connectivity index (χ0v) is 21.5. The van der Waals surface area contributed by atoms with Crippen molar-refractivity contribution in [2.45, 2.75) is 90.8 Å². The van der Waals surface area contributed by atoms with E-state index < -0.39 is 0 Å². The van der Waals surface area contributed by atoms with Gasteiger partial charge in [0.1, 0.15) is 6.17 Å². The van der Waals surface area contributed by atoms with Gasteiger partial charge in [-0.1, -0.05) is 68.2 Å². The van der Waals surface area contributed by atoms with E-state index in [-0.39, 0.29) is 11.7 Å². The zero-order valence-electron chi connectivity index (χ0n) is 21.5. The van der Waals surface area contributed by atoms with E-state index in [4.69, 9.17) is 0 Å². The first-order valence-electron chi connectivity index (χ1n) is 13.6. The van der Waals surface area contributed by atoms with E-state index in [0.29, 0.717) is 0 Å². The summed E-state index contributed by atoms with van der Waals surface area (Å²) in [5, 5.41) is 0. The number of allylic oxidation sites excluding steroid dienone is 2. The summed E-state index contributed by atoms with van der Waals surface area (Å²) in [6.45, 7) is 9.28. The number of para-hydroxylation sites is 1. The Morgan fingerprint density at radius 2 is 1.26 bits per heavy atom. The van der Waals surface area contributed by atoms with Gasteiger partial charge in [0.2, 0.25) is 0 Å². The Bertz CT molecular complexity index is 1110. The predicted molar refractivity (Wildman–Crippen MR) is 143 cm³/mol. The minimum absolute atomic E-state index is 0.153. The number of nitrogens with zero attached hydrogens (tertiary/aromatic N) is 2. The molecule has 0 radical (unpaired) electrons. The molecule has 0 aromatic heterocycles. The highest BCUT2D eigenvalue weighted by atomic mass is 15.5. The van der Waals surface area contributed by atoms with E-state index in [2.05, 4.69) is 92.1 Å². The Kier molecular flexibility index (Phi) is 5.39.